The van der Waals surface area contributed by atoms with Gasteiger partial charge >= 0.3 is 6.18 Å². The summed E-state index contributed by atoms with van der Waals surface area (Å²) in [7, 11) is 0. The van der Waals surface area contributed by atoms with E-state index in [0.29, 0.717) is 5.69 Å². The van der Waals surface area contributed by atoms with Gasteiger partial charge in [0.2, 0.25) is 5.91 Å². The Morgan fingerprint density at radius 2 is 1.92 bits per heavy atom. The van der Waals surface area contributed by atoms with E-state index in [2.05, 4.69) is 5.32 Å². The molecule has 2 aromatic rings. The number of hydrogen-bond donors (Lipinski definition) is 2. The third-order valence-electron chi connectivity index (χ3n) is 3.71. The molecule has 1 aliphatic heterocycles. The molecule has 0 bridgehead atoms. The molecule has 1 atom stereocenters. The Hall–Kier alpha value is -2.61. The first kappa shape index (κ1) is 16.3. The lowest BCUT2D eigenvalue weighted by Crippen LogP contribution is -2.41. The molecule has 2 aromatic carbocycles. The van der Waals surface area contributed by atoms with Crippen molar-refractivity contribution >= 4 is 23.0 Å². The molecule has 1 heterocycles. The maximum absolute atomic E-state index is 13.5. The maximum Gasteiger partial charge on any atom is 0.416 e. The Bertz CT molecular complexity index is 791. The molecule has 4 nitrogen and oxygen atoms in total. The van der Waals surface area contributed by atoms with E-state index in [9.17, 15) is 22.4 Å². The number of nitrogens with one attached hydrogen (secondary N) is 1. The van der Waals surface area contributed by atoms with Gasteiger partial charge in [0, 0.05) is 12.2 Å². The first-order valence-corrected chi connectivity index (χ1v) is 7.06. The molecule has 24 heavy (non-hydrogen) atoms. The molecule has 0 saturated heterocycles. The summed E-state index contributed by atoms with van der Waals surface area (Å²) < 4.78 is 52.3. The molecule has 3 rings (SSSR count). The highest BCUT2D eigenvalue weighted by Crippen LogP contribution is 2.37. The van der Waals surface area contributed by atoms with Gasteiger partial charge in [-0.15, -0.1) is 0 Å². The second-order valence-electron chi connectivity index (χ2n) is 5.42. The number of nitrogens with zero attached hydrogens (tertiary/aromatic N) is 1. The number of carbonyl (C=O) groups excluding carboxylic acids is 1. The predicted molar refractivity (Wildman–Crippen MR) is 81.5 cm³/mol. The van der Waals surface area contributed by atoms with Crippen LogP contribution in [0.4, 0.5) is 34.6 Å². The van der Waals surface area contributed by atoms with Crippen LogP contribution in [0.3, 0.4) is 0 Å². The highest BCUT2D eigenvalue weighted by Gasteiger charge is 2.32. The number of rotatable bonds is 1. The summed E-state index contributed by atoms with van der Waals surface area (Å²) in [4.78, 5) is 13.4. The topological polar surface area (TPSA) is 58.4 Å². The zero-order chi connectivity index (χ0) is 17.5. The monoisotopic (exact) mass is 339 g/mol. The Morgan fingerprint density at radius 1 is 1.17 bits per heavy atom. The van der Waals surface area contributed by atoms with Crippen LogP contribution in [0.5, 0.6) is 0 Å². The standard InChI is InChI=1S/C16H13F4N3O/c17-10-4-5-14-13(7-10)22-15(24)12(21)8-23(14)11-3-1-2-9(6-11)16(18,19)20/h1-7,12H,8,21H2,(H,22,24). The number of hydrogen-bond acceptors (Lipinski definition) is 3. The van der Waals surface area contributed by atoms with Gasteiger partial charge in [-0.1, -0.05) is 6.07 Å². The third kappa shape index (κ3) is 3.05. The molecule has 3 N–H and O–H groups in total. The van der Waals surface area contributed by atoms with Gasteiger partial charge in [0.25, 0.3) is 0 Å². The first-order chi connectivity index (χ1) is 11.3. The Kier molecular flexibility index (Phi) is 3.92. The number of benzene rings is 2. The van der Waals surface area contributed by atoms with Crippen LogP contribution >= 0.6 is 0 Å². The SMILES string of the molecule is NC1CN(c2cccc(C(F)(F)F)c2)c2ccc(F)cc2NC1=O. The number of alkyl halides is 3. The molecular weight excluding hydrogens is 326 g/mol. The first-order valence-electron chi connectivity index (χ1n) is 7.06. The van der Waals surface area contributed by atoms with Crippen molar-refractivity contribution in [2.24, 2.45) is 5.73 Å². The van der Waals surface area contributed by atoms with Crippen LogP contribution in [0.15, 0.2) is 42.5 Å². The van der Waals surface area contributed by atoms with Crippen LogP contribution < -0.4 is 16.0 Å². The lowest BCUT2D eigenvalue weighted by atomic mass is 10.1. The molecular formula is C16H13F4N3O. The Morgan fingerprint density at radius 3 is 2.62 bits per heavy atom. The molecule has 0 radical (unpaired) electrons. The fraction of sp³-hybridized carbons (Fsp3) is 0.188. The van der Waals surface area contributed by atoms with Crippen molar-refractivity contribution in [3.8, 4) is 0 Å². The summed E-state index contributed by atoms with van der Waals surface area (Å²) in [5.41, 5.74) is 5.70. The minimum absolute atomic E-state index is 0.0359. The fourth-order valence-electron chi connectivity index (χ4n) is 2.54. The van der Waals surface area contributed by atoms with E-state index in [4.69, 9.17) is 5.73 Å². The van der Waals surface area contributed by atoms with Crippen molar-refractivity contribution in [3.63, 3.8) is 0 Å². The van der Waals surface area contributed by atoms with Crippen molar-refractivity contribution in [2.45, 2.75) is 12.2 Å². The fourth-order valence-corrected chi connectivity index (χ4v) is 2.54. The van der Waals surface area contributed by atoms with E-state index in [1.165, 1.54) is 29.2 Å². The maximum atomic E-state index is 13.5. The second-order valence-corrected chi connectivity index (χ2v) is 5.42. The highest BCUT2D eigenvalue weighted by molar-refractivity contribution is 6.00. The molecule has 0 aromatic heterocycles. The minimum atomic E-state index is -4.50. The Balaban J connectivity index is 2.12. The molecule has 0 aliphatic carbocycles. The minimum Gasteiger partial charge on any atom is -0.338 e. The van der Waals surface area contributed by atoms with E-state index < -0.39 is 29.5 Å². The molecule has 1 amide bonds. The van der Waals surface area contributed by atoms with Crippen LogP contribution in [0, 0.1) is 5.82 Å². The van der Waals surface area contributed by atoms with E-state index in [1.54, 1.807) is 0 Å². The smallest absolute Gasteiger partial charge is 0.338 e. The van der Waals surface area contributed by atoms with Gasteiger partial charge in [-0.05, 0) is 36.4 Å². The van der Waals surface area contributed by atoms with E-state index >= 15 is 0 Å². The number of amides is 1. The van der Waals surface area contributed by atoms with Crippen molar-refractivity contribution < 1.29 is 22.4 Å². The molecule has 1 unspecified atom stereocenters. The normalized spacial score (nSPS) is 18.0. The van der Waals surface area contributed by atoms with Gasteiger partial charge in [-0.3, -0.25) is 4.79 Å². The summed E-state index contributed by atoms with van der Waals surface area (Å²) in [5.74, 6) is -1.11. The van der Waals surface area contributed by atoms with Crippen molar-refractivity contribution in [1.82, 2.24) is 0 Å². The van der Waals surface area contributed by atoms with Crippen molar-refractivity contribution in [3.05, 3.63) is 53.8 Å². The third-order valence-corrected chi connectivity index (χ3v) is 3.71. The molecule has 0 spiro atoms. The van der Waals surface area contributed by atoms with Gasteiger partial charge < -0.3 is 16.0 Å². The van der Waals surface area contributed by atoms with Gasteiger partial charge in [0.05, 0.1) is 16.9 Å². The van der Waals surface area contributed by atoms with E-state index in [0.717, 1.165) is 18.2 Å². The number of nitrogens with two attached hydrogens (primary N) is 1. The number of fused-ring (bicyclic) bond motifs is 1. The molecule has 1 aliphatic rings. The van der Waals surface area contributed by atoms with Gasteiger partial charge in [0.1, 0.15) is 11.9 Å². The summed E-state index contributed by atoms with van der Waals surface area (Å²) in [6, 6.07) is 7.36. The zero-order valence-corrected chi connectivity index (χ0v) is 12.3. The Labute approximate surface area is 134 Å². The van der Waals surface area contributed by atoms with Crippen LogP contribution in [0.2, 0.25) is 0 Å². The summed E-state index contributed by atoms with van der Waals surface area (Å²) in [5, 5.41) is 2.49. The molecule has 8 heteroatoms. The van der Waals surface area contributed by atoms with Crippen molar-refractivity contribution in [2.75, 3.05) is 16.8 Å². The summed E-state index contributed by atoms with van der Waals surface area (Å²) in [6.45, 7) is -0.0359. The highest BCUT2D eigenvalue weighted by atomic mass is 19.4. The number of anilines is 3. The second kappa shape index (κ2) is 5.79. The summed E-state index contributed by atoms with van der Waals surface area (Å²) in [6.07, 6.45) is -4.50. The largest absolute Gasteiger partial charge is 0.416 e. The predicted octanol–water partition coefficient (Wildman–Crippen LogP) is 3.26. The van der Waals surface area contributed by atoms with Crippen molar-refractivity contribution in [1.29, 1.82) is 0 Å². The number of halogens is 4. The van der Waals surface area contributed by atoms with Gasteiger partial charge in [-0.2, -0.15) is 13.2 Å². The summed E-state index contributed by atoms with van der Waals surface area (Å²) >= 11 is 0. The average molecular weight is 339 g/mol. The average Bonchev–Trinajstić information content (AvgIpc) is 2.63. The van der Waals surface area contributed by atoms with Crippen LogP contribution in [-0.2, 0) is 11.0 Å². The molecule has 126 valence electrons. The lowest BCUT2D eigenvalue weighted by molar-refractivity contribution is -0.137. The van der Waals surface area contributed by atoms with E-state index in [1.807, 2.05) is 0 Å². The van der Waals surface area contributed by atoms with Crippen LogP contribution in [0.1, 0.15) is 5.56 Å². The van der Waals surface area contributed by atoms with E-state index in [-0.39, 0.29) is 17.9 Å². The molecule has 0 saturated carbocycles. The zero-order valence-electron chi connectivity index (χ0n) is 12.3. The van der Waals surface area contributed by atoms with Gasteiger partial charge in [-0.25, -0.2) is 4.39 Å². The van der Waals surface area contributed by atoms with Crippen LogP contribution in [0.25, 0.3) is 0 Å². The number of carbonyl (C=O) groups is 1. The quantitative estimate of drug-likeness (QED) is 0.784. The molecule has 0 fully saturated rings. The lowest BCUT2D eigenvalue weighted by Gasteiger charge is -2.26. The van der Waals surface area contributed by atoms with Gasteiger partial charge in [0.15, 0.2) is 0 Å². The van der Waals surface area contributed by atoms with Crippen LogP contribution in [-0.4, -0.2) is 18.5 Å².